The molecule has 2 aromatic carbocycles. The van der Waals surface area contributed by atoms with Gasteiger partial charge >= 0.3 is 5.63 Å². The Kier molecular flexibility index (Phi) is 6.49. The number of hydrogen-bond acceptors (Lipinski definition) is 5. The third kappa shape index (κ3) is 4.76. The van der Waals surface area contributed by atoms with Crippen LogP contribution in [0, 0.1) is 20.8 Å². The quantitative estimate of drug-likeness (QED) is 0.521. The molecule has 1 saturated heterocycles. The predicted molar refractivity (Wildman–Crippen MR) is 131 cm³/mol. The number of aryl methyl sites for hydroxylation is 3. The average Bonchev–Trinajstić information content (AvgIpc) is 2.75. The van der Waals surface area contributed by atoms with Crippen LogP contribution in [0.3, 0.4) is 0 Å². The first kappa shape index (κ1) is 23.7. The molecule has 4 rings (SSSR count). The van der Waals surface area contributed by atoms with E-state index < -0.39 is 10.0 Å². The summed E-state index contributed by atoms with van der Waals surface area (Å²) in [6, 6.07) is 11.2. The van der Waals surface area contributed by atoms with Gasteiger partial charge in [0.05, 0.1) is 4.90 Å². The van der Waals surface area contributed by atoms with Gasteiger partial charge in [-0.25, -0.2) is 13.2 Å². The zero-order valence-electron chi connectivity index (χ0n) is 20.0. The SMILES string of the molecule is Cc1ccc(C)c(S(=O)(=O)N2CCN(Cc3cc(=O)oc4cc(C)c(C(C)C)cc34)CC2)c1. The Morgan fingerprint density at radius 2 is 1.64 bits per heavy atom. The Balaban J connectivity index is 1.55. The maximum Gasteiger partial charge on any atom is 0.336 e. The Labute approximate surface area is 195 Å². The molecule has 0 bridgehead atoms. The van der Waals surface area contributed by atoms with Crippen molar-refractivity contribution in [3.8, 4) is 0 Å². The van der Waals surface area contributed by atoms with Crippen LogP contribution in [0.5, 0.6) is 0 Å². The molecule has 33 heavy (non-hydrogen) atoms. The van der Waals surface area contributed by atoms with Crippen molar-refractivity contribution in [2.24, 2.45) is 0 Å². The zero-order valence-corrected chi connectivity index (χ0v) is 20.8. The Hall–Kier alpha value is -2.48. The number of sulfonamides is 1. The summed E-state index contributed by atoms with van der Waals surface area (Å²) in [7, 11) is -3.53. The van der Waals surface area contributed by atoms with Gasteiger partial charge in [0.1, 0.15) is 5.58 Å². The second-order valence-electron chi connectivity index (χ2n) is 9.40. The summed E-state index contributed by atoms with van der Waals surface area (Å²) in [6.45, 7) is 12.7. The normalized spacial score (nSPS) is 16.1. The van der Waals surface area contributed by atoms with Gasteiger partial charge in [-0.2, -0.15) is 4.31 Å². The average molecular weight is 469 g/mol. The summed E-state index contributed by atoms with van der Waals surface area (Å²) in [5, 5.41) is 0.953. The van der Waals surface area contributed by atoms with E-state index in [1.54, 1.807) is 16.4 Å². The van der Waals surface area contributed by atoms with E-state index in [1.807, 2.05) is 39.0 Å². The van der Waals surface area contributed by atoms with Crippen molar-refractivity contribution in [1.29, 1.82) is 0 Å². The standard InChI is InChI=1S/C26H32N2O4S/c1-17(2)22-15-23-21(14-26(29)32-24(23)13-20(22)5)16-27-8-10-28(11-9-27)33(30,31)25-12-18(3)6-7-19(25)4/h6-7,12-15,17H,8-11,16H2,1-5H3. The minimum Gasteiger partial charge on any atom is -0.423 e. The highest BCUT2D eigenvalue weighted by molar-refractivity contribution is 7.89. The fourth-order valence-corrected chi connectivity index (χ4v) is 6.37. The molecule has 0 amide bonds. The van der Waals surface area contributed by atoms with Crippen molar-refractivity contribution < 1.29 is 12.8 Å². The van der Waals surface area contributed by atoms with Gasteiger partial charge in [0.25, 0.3) is 0 Å². The lowest BCUT2D eigenvalue weighted by molar-refractivity contribution is 0.182. The van der Waals surface area contributed by atoms with Crippen molar-refractivity contribution in [1.82, 2.24) is 9.21 Å². The van der Waals surface area contributed by atoms with Crippen molar-refractivity contribution in [3.05, 3.63) is 74.6 Å². The molecule has 2 heterocycles. The van der Waals surface area contributed by atoms with Crippen LogP contribution in [-0.4, -0.2) is 43.8 Å². The first-order valence-corrected chi connectivity index (χ1v) is 12.9. The maximum absolute atomic E-state index is 13.2. The van der Waals surface area contributed by atoms with Gasteiger partial charge in [-0.05, 0) is 72.7 Å². The van der Waals surface area contributed by atoms with Crippen molar-refractivity contribution in [2.75, 3.05) is 26.2 Å². The highest BCUT2D eigenvalue weighted by atomic mass is 32.2. The Morgan fingerprint density at radius 1 is 0.939 bits per heavy atom. The molecule has 6 nitrogen and oxygen atoms in total. The third-order valence-corrected chi connectivity index (χ3v) is 8.57. The smallest absolute Gasteiger partial charge is 0.336 e. The van der Waals surface area contributed by atoms with E-state index in [1.165, 1.54) is 5.56 Å². The first-order chi connectivity index (χ1) is 15.6. The Bertz CT molecular complexity index is 1350. The third-order valence-electron chi connectivity index (χ3n) is 6.53. The van der Waals surface area contributed by atoms with Crippen LogP contribution >= 0.6 is 0 Å². The molecule has 1 aromatic heterocycles. The summed E-state index contributed by atoms with van der Waals surface area (Å²) in [4.78, 5) is 14.8. The molecule has 3 aromatic rings. The van der Waals surface area contributed by atoms with Crippen LogP contribution in [0.1, 0.15) is 47.6 Å². The number of hydrogen-bond donors (Lipinski definition) is 0. The van der Waals surface area contributed by atoms with Crippen LogP contribution in [0.4, 0.5) is 0 Å². The molecule has 176 valence electrons. The van der Waals surface area contributed by atoms with Crippen molar-refractivity contribution in [2.45, 2.75) is 52.0 Å². The van der Waals surface area contributed by atoms with Gasteiger partial charge in [-0.1, -0.05) is 26.0 Å². The van der Waals surface area contributed by atoms with E-state index in [0.717, 1.165) is 27.6 Å². The summed E-state index contributed by atoms with van der Waals surface area (Å²) in [6.07, 6.45) is 0. The zero-order chi connectivity index (χ0) is 23.9. The molecular formula is C26H32N2O4S. The van der Waals surface area contributed by atoms with Crippen LogP contribution < -0.4 is 5.63 Å². The minimum absolute atomic E-state index is 0.356. The van der Waals surface area contributed by atoms with Gasteiger partial charge in [0, 0.05) is 44.2 Å². The number of rotatable bonds is 5. The van der Waals surface area contributed by atoms with Crippen LogP contribution in [0.15, 0.2) is 50.5 Å². The molecule has 0 atom stereocenters. The van der Waals surface area contributed by atoms with E-state index in [4.69, 9.17) is 4.42 Å². The lowest BCUT2D eigenvalue weighted by Crippen LogP contribution is -2.48. The molecule has 0 saturated carbocycles. The molecule has 1 aliphatic rings. The fraction of sp³-hybridized carbons (Fsp3) is 0.423. The first-order valence-electron chi connectivity index (χ1n) is 11.4. The van der Waals surface area contributed by atoms with E-state index in [-0.39, 0.29) is 5.63 Å². The number of fused-ring (bicyclic) bond motifs is 1. The summed E-state index contributed by atoms with van der Waals surface area (Å²) in [5.41, 5.74) is 5.23. The van der Waals surface area contributed by atoms with E-state index in [2.05, 4.69) is 24.8 Å². The molecular weight excluding hydrogens is 436 g/mol. The van der Waals surface area contributed by atoms with E-state index >= 15 is 0 Å². The second kappa shape index (κ2) is 9.05. The van der Waals surface area contributed by atoms with Crippen LogP contribution in [0.25, 0.3) is 11.0 Å². The number of benzene rings is 2. The van der Waals surface area contributed by atoms with Crippen LogP contribution in [0.2, 0.25) is 0 Å². The van der Waals surface area contributed by atoms with Gasteiger partial charge in [-0.3, -0.25) is 4.90 Å². The van der Waals surface area contributed by atoms with Gasteiger partial charge in [-0.15, -0.1) is 0 Å². The van der Waals surface area contributed by atoms with Gasteiger partial charge in [0.15, 0.2) is 0 Å². The van der Waals surface area contributed by atoms with Crippen LogP contribution in [-0.2, 0) is 16.6 Å². The summed E-state index contributed by atoms with van der Waals surface area (Å²) >= 11 is 0. The second-order valence-corrected chi connectivity index (χ2v) is 11.3. The molecule has 0 aliphatic carbocycles. The lowest BCUT2D eigenvalue weighted by Gasteiger charge is -2.34. The molecule has 1 fully saturated rings. The summed E-state index contributed by atoms with van der Waals surface area (Å²) in [5.74, 6) is 0.369. The molecule has 0 unspecified atom stereocenters. The largest absolute Gasteiger partial charge is 0.423 e. The summed E-state index contributed by atoms with van der Waals surface area (Å²) < 4.78 is 33.5. The van der Waals surface area contributed by atoms with Crippen molar-refractivity contribution in [3.63, 3.8) is 0 Å². The Morgan fingerprint density at radius 3 is 2.30 bits per heavy atom. The highest BCUT2D eigenvalue weighted by Gasteiger charge is 2.30. The maximum atomic E-state index is 13.2. The fourth-order valence-electron chi connectivity index (χ4n) is 4.64. The highest BCUT2D eigenvalue weighted by Crippen LogP contribution is 2.28. The van der Waals surface area contributed by atoms with E-state index in [0.29, 0.717) is 49.1 Å². The number of piperazine rings is 1. The van der Waals surface area contributed by atoms with E-state index in [9.17, 15) is 13.2 Å². The molecule has 7 heteroatoms. The van der Waals surface area contributed by atoms with Gasteiger partial charge in [0.2, 0.25) is 10.0 Å². The molecule has 0 spiro atoms. The monoisotopic (exact) mass is 468 g/mol. The minimum atomic E-state index is -3.53. The molecule has 0 N–H and O–H groups in total. The predicted octanol–water partition coefficient (Wildman–Crippen LogP) is 4.35. The molecule has 1 aliphatic heterocycles. The van der Waals surface area contributed by atoms with Crippen molar-refractivity contribution >= 4 is 21.0 Å². The number of nitrogens with zero attached hydrogens (tertiary/aromatic N) is 2. The molecule has 0 radical (unpaired) electrons. The topological polar surface area (TPSA) is 70.8 Å². The lowest BCUT2D eigenvalue weighted by atomic mass is 9.95. The van der Waals surface area contributed by atoms with Gasteiger partial charge < -0.3 is 4.42 Å².